The fourth-order valence-electron chi connectivity index (χ4n) is 14.8. The Morgan fingerprint density at radius 3 is 2.08 bits per heavy atom. The van der Waals surface area contributed by atoms with Crippen molar-refractivity contribution >= 4 is 0 Å². The Balaban J connectivity index is 0.857. The standard InChI is InChI=1S/C45H73NO15/c1-19-6-9-27-20(2)31-28(46(27)16-19)15-26-24-8-7-22-14-23(10-12-44(22,4)25(24)11-13-45(26,31)5)57-42-38(55)36(53)39(30(18-48)59-42)60-43-40(35(52)33(50)29(17-47)58-43)61-41-37(54)34(51)32(49)21(3)56-41/h7,19-21,23-43,47-55H,6,8-18H2,1-5H3. The van der Waals surface area contributed by atoms with Gasteiger partial charge in [0.15, 0.2) is 18.9 Å². The Bertz CT molecular complexity index is 1590. The van der Waals surface area contributed by atoms with E-state index in [1.165, 1.54) is 51.1 Å². The molecule has 61 heavy (non-hydrogen) atoms. The number of allylic oxidation sites excluding steroid dienone is 1. The summed E-state index contributed by atoms with van der Waals surface area (Å²) >= 11 is 0. The highest BCUT2D eigenvalue weighted by atomic mass is 16.8. The van der Waals surface area contributed by atoms with Crippen LogP contribution in [0.5, 0.6) is 0 Å². The average Bonchev–Trinajstić information content (AvgIpc) is 3.71. The third-order valence-corrected chi connectivity index (χ3v) is 18.0. The van der Waals surface area contributed by atoms with Crippen molar-refractivity contribution in [1.82, 2.24) is 4.90 Å². The van der Waals surface area contributed by atoms with Crippen molar-refractivity contribution in [2.45, 2.75) is 203 Å². The summed E-state index contributed by atoms with van der Waals surface area (Å²) in [6.45, 7) is 11.4. The lowest BCUT2D eigenvalue weighted by atomic mass is 9.47. The van der Waals surface area contributed by atoms with Crippen LogP contribution >= 0.6 is 0 Å². The molecule has 8 fully saturated rings. The zero-order valence-electron chi connectivity index (χ0n) is 36.3. The normalized spacial score (nSPS) is 57.3. The van der Waals surface area contributed by atoms with Crippen LogP contribution in [0.1, 0.15) is 92.4 Å². The van der Waals surface area contributed by atoms with Crippen molar-refractivity contribution in [1.29, 1.82) is 0 Å². The van der Waals surface area contributed by atoms with Crippen LogP contribution in [0.3, 0.4) is 0 Å². The average molecular weight is 868 g/mol. The lowest BCUT2D eigenvalue weighted by molar-refractivity contribution is -0.388. The van der Waals surface area contributed by atoms with Crippen LogP contribution in [0.25, 0.3) is 0 Å². The largest absolute Gasteiger partial charge is 0.394 e. The molecule has 16 nitrogen and oxygen atoms in total. The number of rotatable bonds is 8. The van der Waals surface area contributed by atoms with E-state index in [0.29, 0.717) is 29.7 Å². The van der Waals surface area contributed by atoms with Crippen LogP contribution < -0.4 is 0 Å². The van der Waals surface area contributed by atoms with Gasteiger partial charge < -0.3 is 74.4 Å². The first kappa shape index (κ1) is 45.3. The van der Waals surface area contributed by atoms with Gasteiger partial charge in [0.05, 0.1) is 25.4 Å². The van der Waals surface area contributed by atoms with Gasteiger partial charge in [0.25, 0.3) is 0 Å². The SMILES string of the molecule is CC1CCC2C(C)C3C(CC4C5CC=C6CC(OC7OC(CO)C(OC8OC(CO)C(O)C(O)C8OC8OC(C)C(O)C(O)C8O)C(O)C7O)CCC6(C)C5CCC43C)N2C1. The first-order valence-electron chi connectivity index (χ1n) is 23.4. The minimum atomic E-state index is -1.80. The number of fused-ring (bicyclic) bond motifs is 9. The van der Waals surface area contributed by atoms with Gasteiger partial charge in [-0.1, -0.05) is 39.3 Å². The molecule has 348 valence electrons. The Kier molecular flexibility index (Phi) is 12.7. The molecule has 16 heteroatoms. The molecule has 9 rings (SSSR count). The summed E-state index contributed by atoms with van der Waals surface area (Å²) in [4.78, 5) is 2.95. The Morgan fingerprint density at radius 1 is 0.672 bits per heavy atom. The van der Waals surface area contributed by atoms with Gasteiger partial charge in [0, 0.05) is 18.6 Å². The molecule has 0 aromatic heterocycles. The summed E-state index contributed by atoms with van der Waals surface area (Å²) in [6, 6.07) is 1.47. The number of hydrogen-bond acceptors (Lipinski definition) is 16. The topological polar surface area (TPSA) is 241 Å². The van der Waals surface area contributed by atoms with E-state index in [0.717, 1.165) is 49.0 Å². The maximum atomic E-state index is 11.5. The van der Waals surface area contributed by atoms with Crippen LogP contribution in [0.2, 0.25) is 0 Å². The molecule has 5 aliphatic heterocycles. The molecule has 5 saturated heterocycles. The fraction of sp³-hybridized carbons (Fsp3) is 0.956. The predicted octanol–water partition coefficient (Wildman–Crippen LogP) is 0.155. The molecule has 0 spiro atoms. The summed E-state index contributed by atoms with van der Waals surface area (Å²) in [7, 11) is 0. The highest BCUT2D eigenvalue weighted by Crippen LogP contribution is 2.70. The van der Waals surface area contributed by atoms with Gasteiger partial charge in [0.2, 0.25) is 0 Å². The number of aliphatic hydroxyl groups is 9. The number of piperidine rings is 1. The number of aliphatic hydroxyl groups excluding tert-OH is 9. The molecule has 0 radical (unpaired) electrons. The van der Waals surface area contributed by atoms with Crippen molar-refractivity contribution < 1.29 is 74.4 Å². The van der Waals surface area contributed by atoms with Crippen molar-refractivity contribution in [3.63, 3.8) is 0 Å². The van der Waals surface area contributed by atoms with Crippen LogP contribution in [-0.2, 0) is 28.4 Å². The minimum Gasteiger partial charge on any atom is -0.394 e. The van der Waals surface area contributed by atoms with Gasteiger partial charge >= 0.3 is 0 Å². The van der Waals surface area contributed by atoms with E-state index >= 15 is 0 Å². The minimum absolute atomic E-state index is 0.0611. The van der Waals surface area contributed by atoms with Crippen molar-refractivity contribution in [2.24, 2.45) is 46.3 Å². The summed E-state index contributed by atoms with van der Waals surface area (Å²) in [5.41, 5.74) is 1.84. The van der Waals surface area contributed by atoms with Crippen molar-refractivity contribution in [2.75, 3.05) is 19.8 Å². The van der Waals surface area contributed by atoms with E-state index in [-0.39, 0.29) is 11.5 Å². The highest BCUT2D eigenvalue weighted by Gasteiger charge is 2.66. The molecule has 3 saturated carbocycles. The maximum absolute atomic E-state index is 11.5. The summed E-state index contributed by atoms with van der Waals surface area (Å²) in [6.07, 6.45) is -10.8. The van der Waals surface area contributed by atoms with E-state index in [2.05, 4.69) is 38.7 Å². The molecule has 0 aromatic rings. The molecule has 0 amide bonds. The monoisotopic (exact) mass is 867 g/mol. The van der Waals surface area contributed by atoms with Gasteiger partial charge in [-0.3, -0.25) is 4.90 Å². The van der Waals surface area contributed by atoms with Gasteiger partial charge in [-0.15, -0.1) is 0 Å². The zero-order valence-corrected chi connectivity index (χ0v) is 36.3. The fourth-order valence-corrected chi connectivity index (χ4v) is 14.8. The lowest BCUT2D eigenvalue weighted by Crippen LogP contribution is -2.66. The Hall–Kier alpha value is -0.900. The Morgan fingerprint density at radius 2 is 1.34 bits per heavy atom. The van der Waals surface area contributed by atoms with Gasteiger partial charge in [-0.05, 0) is 111 Å². The smallest absolute Gasteiger partial charge is 0.187 e. The highest BCUT2D eigenvalue weighted by molar-refractivity contribution is 5.27. The molecule has 26 unspecified atom stereocenters. The second kappa shape index (κ2) is 17.1. The molecule has 0 bridgehead atoms. The lowest BCUT2D eigenvalue weighted by Gasteiger charge is -2.58. The number of hydrogen-bond donors (Lipinski definition) is 9. The van der Waals surface area contributed by atoms with E-state index in [9.17, 15) is 46.0 Å². The molecular weight excluding hydrogens is 794 g/mol. The number of ether oxygens (including phenoxy) is 6. The Labute approximate surface area is 359 Å². The first-order valence-corrected chi connectivity index (χ1v) is 23.4. The molecule has 9 aliphatic rings. The summed E-state index contributed by atoms with van der Waals surface area (Å²) < 4.78 is 35.7. The first-order chi connectivity index (χ1) is 29.0. The molecular formula is C45H73NO15. The van der Waals surface area contributed by atoms with Crippen LogP contribution in [0.15, 0.2) is 11.6 Å². The van der Waals surface area contributed by atoms with Crippen LogP contribution in [0.4, 0.5) is 0 Å². The third kappa shape index (κ3) is 7.42. The second-order valence-corrected chi connectivity index (χ2v) is 21.2. The van der Waals surface area contributed by atoms with Crippen molar-refractivity contribution in [3.8, 4) is 0 Å². The second-order valence-electron chi connectivity index (χ2n) is 21.2. The van der Waals surface area contributed by atoms with E-state index in [4.69, 9.17) is 28.4 Å². The van der Waals surface area contributed by atoms with Gasteiger partial charge in [0.1, 0.15) is 67.1 Å². The van der Waals surface area contributed by atoms with Crippen LogP contribution in [0, 0.1) is 46.3 Å². The molecule has 26 atom stereocenters. The number of nitrogens with zero attached hydrogens (tertiary/aromatic N) is 1. The predicted molar refractivity (Wildman–Crippen MR) is 215 cm³/mol. The van der Waals surface area contributed by atoms with E-state index < -0.39 is 105 Å². The quantitative estimate of drug-likeness (QED) is 0.148. The van der Waals surface area contributed by atoms with Gasteiger partial charge in [-0.25, -0.2) is 0 Å². The molecule has 9 N–H and O–H groups in total. The molecule has 5 heterocycles. The van der Waals surface area contributed by atoms with Crippen LogP contribution in [-0.4, -0.2) is 181 Å². The molecule has 0 aromatic carbocycles. The van der Waals surface area contributed by atoms with E-state index in [1.807, 2.05) is 0 Å². The third-order valence-electron chi connectivity index (χ3n) is 18.0. The maximum Gasteiger partial charge on any atom is 0.187 e. The zero-order chi connectivity index (χ0) is 43.4. The van der Waals surface area contributed by atoms with Crippen molar-refractivity contribution in [3.05, 3.63) is 11.6 Å². The van der Waals surface area contributed by atoms with Gasteiger partial charge in [-0.2, -0.15) is 0 Å². The summed E-state index contributed by atoms with van der Waals surface area (Å²) in [5.74, 6) is 4.32. The molecule has 4 aliphatic carbocycles. The summed E-state index contributed by atoms with van der Waals surface area (Å²) in [5, 5.41) is 96.3. The van der Waals surface area contributed by atoms with E-state index in [1.54, 1.807) is 0 Å².